The fraction of sp³-hybridized carbons (Fsp3) is 0.636. The molecule has 0 saturated carbocycles. The van der Waals surface area contributed by atoms with E-state index in [2.05, 4.69) is 95.4 Å². The SMILES string of the molecule is CC(=O)N[C@@H](CC(C)C)C(=O)N[C@H](C(=O)C(=O)[C@H](Cc1ccccc1)NN[C@](C)(CCCCCC/C=C/CCC[C@](C)(NC(=O)[C@H](CC(C)C)NN[C@@H](CCC(N)=O)C(=O)CN[C@@H](C)C(=O)CC(=O)[C@H](Cc1c[nH]c2ccccc12)N=N[C@H](C=O)CC1=CC=C(O)CC1)C(=O)CN[C@@H](C)C(=O)CCN[C@@H](C)C(=O)CCC(=O)[C@H](C)NCCC(=O)[C@H](C)NCCC(=O)[C@H](C)NCN[C@H](C)C(N)=O)C(=O)CN[C@@H](C)C(C)=O)[C@@H](C)O. The number of carbonyl (C=O) groups is 19. The standard InChI is InChI=1S/C107H168N20O21/c1-64(2)52-87(119-76(15)131)104(147)120-100(75(14)130)102(145)101(144)86(55-77-32-26-25-27-33-77)126-127-107(17,98(142)61-114-66(5)74(13)129)48-31-24-22-20-18-19-21-23-30-47-106(16,97(141)60-115-70(9)92(136)45-50-111-68(7)90(134)42-41-89(133)67(6)110-49-44-91(135)69(8)112-51-46-93(137)71(10)117-63-118-73(12)103(109)146)121-105(148)88(53-65(3)4)125-123-84(40-43-99(108)143)96(140)59-113-72(11)94(138)57-95(139)85(56-79-58-116-83-35-29-28-34-82(79)83)124-122-80(62-128)54-78-36-38-81(132)39-37-78/h19,21,25-29,32-36,38,58,62,64-73,75,80,84-88,100,110-118,123,125-127,130,132H,18,20,22-24,30-31,37,39-57,59-61,63H2,1-17H3,(H2,108,143)(H2,109,146)(H,119,131)(H,120,147)(H,121,148)/b21-19+,124-122?/t66-,67-,68-,69-,70-,71-,72-,73+,75+,80-,84-,85-,86-,87-,88-,100-,106-,107+/m0/s1. The second kappa shape index (κ2) is 67.8. The summed E-state index contributed by atoms with van der Waals surface area (Å²) in [6.07, 6.45) is 12.6. The quantitative estimate of drug-likeness (QED) is 0.00535. The molecule has 18 atom stereocenters. The lowest BCUT2D eigenvalue weighted by atomic mass is 9.88. The maximum absolute atomic E-state index is 15.0. The molecule has 0 fully saturated rings. The zero-order valence-corrected chi connectivity index (χ0v) is 89.7. The highest BCUT2D eigenvalue weighted by atomic mass is 16.3. The van der Waals surface area contributed by atoms with Crippen molar-refractivity contribution in [3.63, 3.8) is 0 Å². The van der Waals surface area contributed by atoms with E-state index in [1.54, 1.807) is 111 Å². The first kappa shape index (κ1) is 129. The molecule has 1 aliphatic rings. The van der Waals surface area contributed by atoms with Crippen LogP contribution in [0.15, 0.2) is 107 Å². The number of Topliss-reactive ketones (excluding diaryl/α,β-unsaturated/α-hetero) is 13. The van der Waals surface area contributed by atoms with Gasteiger partial charge < -0.3 is 79.3 Å². The summed E-state index contributed by atoms with van der Waals surface area (Å²) in [6, 6.07) is 1.81. The van der Waals surface area contributed by atoms with Gasteiger partial charge >= 0.3 is 0 Å². The fourth-order valence-corrected chi connectivity index (χ4v) is 16.2. The largest absolute Gasteiger partial charge is 0.512 e. The van der Waals surface area contributed by atoms with E-state index in [1.807, 2.05) is 64.1 Å². The average molecular weight is 2070 g/mol. The van der Waals surface area contributed by atoms with Crippen LogP contribution in [0.25, 0.3) is 10.9 Å². The van der Waals surface area contributed by atoms with E-state index < -0.39 is 192 Å². The number of amides is 5. The molecule has 0 spiro atoms. The number of nitrogens with two attached hydrogens (primary N) is 2. The minimum atomic E-state index is -1.71. The summed E-state index contributed by atoms with van der Waals surface area (Å²) in [5, 5.41) is 62.3. The molecule has 5 amide bonds. The topological polar surface area (TPSA) is 638 Å². The van der Waals surface area contributed by atoms with Gasteiger partial charge in [-0.05, 0) is 195 Å². The number of aromatic amines is 1. The molecular formula is C107H168N20O21. The van der Waals surface area contributed by atoms with Gasteiger partial charge in [0, 0.05) is 102 Å². The van der Waals surface area contributed by atoms with Crippen molar-refractivity contribution in [3.8, 4) is 0 Å². The number of primary amides is 2. The number of hydrogen-bond donors (Lipinski definition) is 20. The Morgan fingerprint density at radius 3 is 1.54 bits per heavy atom. The minimum absolute atomic E-state index is 0.0303. The number of fused-ring (bicyclic) bond motifs is 1. The molecule has 41 heteroatoms. The number of aliphatic hydroxyl groups excluding tert-OH is 2. The first-order valence-corrected chi connectivity index (χ1v) is 52.0. The zero-order valence-electron chi connectivity index (χ0n) is 89.7. The summed E-state index contributed by atoms with van der Waals surface area (Å²) < 4.78 is 0. The van der Waals surface area contributed by atoms with Crippen LogP contribution in [0.5, 0.6) is 0 Å². The highest BCUT2D eigenvalue weighted by molar-refractivity contribution is 6.41. The third-order valence-corrected chi connectivity index (χ3v) is 26.6. The van der Waals surface area contributed by atoms with Crippen molar-refractivity contribution in [1.29, 1.82) is 0 Å². The maximum Gasteiger partial charge on any atom is 0.243 e. The van der Waals surface area contributed by atoms with Crippen LogP contribution < -0.4 is 91.7 Å². The third kappa shape index (κ3) is 48.6. The van der Waals surface area contributed by atoms with Crippen LogP contribution >= 0.6 is 0 Å². The highest BCUT2D eigenvalue weighted by Gasteiger charge is 2.42. The van der Waals surface area contributed by atoms with Crippen molar-refractivity contribution in [1.82, 2.24) is 85.2 Å². The molecule has 0 saturated heterocycles. The van der Waals surface area contributed by atoms with Crippen molar-refractivity contribution < 1.29 is 101 Å². The number of allylic oxidation sites excluding steroid dienone is 5. The molecule has 1 aromatic heterocycles. The number of aliphatic hydroxyl groups is 2. The van der Waals surface area contributed by atoms with E-state index in [4.69, 9.17) is 11.5 Å². The van der Waals surface area contributed by atoms with Crippen molar-refractivity contribution in [3.05, 3.63) is 108 Å². The Hall–Kier alpha value is -11.2. The van der Waals surface area contributed by atoms with Gasteiger partial charge in [-0.3, -0.25) is 96.9 Å². The van der Waals surface area contributed by atoms with Gasteiger partial charge in [-0.1, -0.05) is 119 Å². The number of para-hydroxylation sites is 1. The van der Waals surface area contributed by atoms with Crippen LogP contribution in [0.2, 0.25) is 0 Å². The van der Waals surface area contributed by atoms with E-state index in [0.29, 0.717) is 75.2 Å². The van der Waals surface area contributed by atoms with Crippen LogP contribution in [-0.4, -0.2) is 280 Å². The van der Waals surface area contributed by atoms with Gasteiger partial charge in [0.05, 0.1) is 109 Å². The average Bonchev–Trinajstić information content (AvgIpc) is 1.73. The number of hydrogen-bond acceptors (Lipinski definition) is 35. The Balaban J connectivity index is 1.49. The number of rotatable bonds is 84. The monoisotopic (exact) mass is 2070 g/mol. The number of nitrogens with zero attached hydrogens (tertiary/aromatic N) is 2. The lowest BCUT2D eigenvalue weighted by Gasteiger charge is -2.33. The molecule has 0 radical (unpaired) electrons. The molecule has 22 N–H and O–H groups in total. The first-order chi connectivity index (χ1) is 69.9. The third-order valence-electron chi connectivity index (χ3n) is 26.6. The summed E-state index contributed by atoms with van der Waals surface area (Å²) in [7, 11) is 0. The maximum atomic E-state index is 15.0. The fourth-order valence-electron chi connectivity index (χ4n) is 16.2. The lowest BCUT2D eigenvalue weighted by Crippen LogP contribution is -2.63. The molecule has 822 valence electrons. The second-order valence-corrected chi connectivity index (χ2v) is 40.4. The molecule has 1 aliphatic carbocycles. The number of H-pyrrole nitrogens is 1. The smallest absolute Gasteiger partial charge is 0.243 e. The lowest BCUT2D eigenvalue weighted by molar-refractivity contribution is -0.142. The molecule has 3 aromatic rings. The van der Waals surface area contributed by atoms with Crippen LogP contribution in [-0.2, 0) is 104 Å². The van der Waals surface area contributed by atoms with Crippen molar-refractivity contribution in [2.75, 3.05) is 45.9 Å². The minimum Gasteiger partial charge on any atom is -0.512 e. The number of aromatic nitrogens is 1. The van der Waals surface area contributed by atoms with E-state index in [0.717, 1.165) is 16.5 Å². The zero-order chi connectivity index (χ0) is 111. The van der Waals surface area contributed by atoms with Crippen LogP contribution in [0.3, 0.4) is 0 Å². The number of aldehydes is 1. The van der Waals surface area contributed by atoms with E-state index >= 15 is 0 Å². The van der Waals surface area contributed by atoms with Gasteiger partial charge in [0.25, 0.3) is 0 Å². The first-order valence-electron chi connectivity index (χ1n) is 52.0. The van der Waals surface area contributed by atoms with Crippen molar-refractivity contribution in [2.24, 2.45) is 33.5 Å². The van der Waals surface area contributed by atoms with Crippen LogP contribution in [0.4, 0.5) is 0 Å². The Bertz CT molecular complexity index is 5020. The number of ketones is 13. The van der Waals surface area contributed by atoms with Crippen LogP contribution in [0.1, 0.15) is 270 Å². The van der Waals surface area contributed by atoms with Gasteiger partial charge in [0.1, 0.15) is 53.8 Å². The summed E-state index contributed by atoms with van der Waals surface area (Å²) in [5.74, 6) is -9.26. The molecule has 1 heterocycles. The van der Waals surface area contributed by atoms with Gasteiger partial charge in [-0.2, -0.15) is 10.2 Å². The normalized spacial score (nSPS) is 16.4. The van der Waals surface area contributed by atoms with E-state index in [9.17, 15) is 101 Å². The van der Waals surface area contributed by atoms with Crippen molar-refractivity contribution >= 4 is 122 Å². The summed E-state index contributed by atoms with van der Waals surface area (Å²) in [5.41, 5.74) is 22.9. The van der Waals surface area contributed by atoms with Gasteiger partial charge in [-0.15, -0.1) is 0 Å². The highest BCUT2D eigenvalue weighted by Crippen LogP contribution is 2.27. The number of hydrazine groups is 2. The Morgan fingerprint density at radius 1 is 0.473 bits per heavy atom. The summed E-state index contributed by atoms with van der Waals surface area (Å²) >= 11 is 0. The molecule has 148 heavy (non-hydrogen) atoms. The summed E-state index contributed by atoms with van der Waals surface area (Å²) in [4.78, 5) is 259. The number of azo groups is 1. The molecule has 41 nitrogen and oxygen atoms in total. The molecule has 0 aliphatic heterocycles. The van der Waals surface area contributed by atoms with E-state index in [1.165, 1.54) is 27.7 Å². The molecular weight excluding hydrogens is 1900 g/mol. The van der Waals surface area contributed by atoms with Gasteiger partial charge in [-0.25, -0.2) is 21.7 Å². The van der Waals surface area contributed by atoms with E-state index in [-0.39, 0.29) is 181 Å². The second-order valence-electron chi connectivity index (χ2n) is 40.4. The Kier molecular flexibility index (Phi) is 59.1. The Labute approximate surface area is 870 Å². The molecule has 4 rings (SSSR count). The molecule has 2 aromatic carbocycles. The molecule has 0 unspecified atom stereocenters. The van der Waals surface area contributed by atoms with Crippen LogP contribution in [0, 0.1) is 11.8 Å². The Morgan fingerprint density at radius 2 is 0.986 bits per heavy atom. The number of unbranched alkanes of at least 4 members (excludes halogenated alkanes) is 5. The predicted octanol–water partition coefficient (Wildman–Crippen LogP) is 4.64. The summed E-state index contributed by atoms with van der Waals surface area (Å²) in [6.45, 7) is 27.0. The number of benzene rings is 2. The predicted molar refractivity (Wildman–Crippen MR) is 564 cm³/mol. The number of nitrogens with one attached hydrogen (secondary N) is 16. The van der Waals surface area contributed by atoms with Crippen molar-refractivity contribution in [2.45, 2.75) is 380 Å². The molecule has 0 bridgehead atoms. The van der Waals surface area contributed by atoms with Gasteiger partial charge in [0.15, 0.2) is 46.3 Å². The van der Waals surface area contributed by atoms with Gasteiger partial charge in [0.2, 0.25) is 41.1 Å². The number of carbonyl (C=O) groups excluding carboxylic acids is 19.